The van der Waals surface area contributed by atoms with Gasteiger partial charge in [-0.05, 0) is 30.0 Å². The van der Waals surface area contributed by atoms with Gasteiger partial charge in [-0.1, -0.05) is 0 Å². The van der Waals surface area contributed by atoms with Gasteiger partial charge in [0.2, 0.25) is 5.28 Å². The summed E-state index contributed by atoms with van der Waals surface area (Å²) >= 11 is 7.86. The minimum atomic E-state index is 0.273. The lowest BCUT2D eigenvalue weighted by Gasteiger charge is -2.34. The second kappa shape index (κ2) is 6.07. The fraction of sp³-hybridized carbons (Fsp3) is 0.400. The lowest BCUT2D eigenvalue weighted by molar-refractivity contribution is 0.0987. The van der Waals surface area contributed by atoms with E-state index in [1.165, 1.54) is 0 Å². The molecule has 1 aliphatic heterocycles. The summed E-state index contributed by atoms with van der Waals surface area (Å²) < 4.78 is 8.48. The van der Waals surface area contributed by atoms with E-state index in [2.05, 4.69) is 32.3 Å². The quantitative estimate of drug-likeness (QED) is 0.680. The predicted octanol–water partition coefficient (Wildman–Crippen LogP) is 2.81. The molecule has 1 saturated heterocycles. The van der Waals surface area contributed by atoms with Gasteiger partial charge >= 0.3 is 0 Å². The van der Waals surface area contributed by atoms with Gasteiger partial charge in [-0.15, -0.1) is 11.3 Å². The Morgan fingerprint density at radius 2 is 2.35 bits per heavy atom. The molecule has 120 valence electrons. The fourth-order valence-electron chi connectivity index (χ4n) is 2.84. The zero-order chi connectivity index (χ0) is 15.8. The molecule has 1 atom stereocenters. The summed E-state index contributed by atoms with van der Waals surface area (Å²) in [5.41, 5.74) is 2.03. The van der Waals surface area contributed by atoms with Gasteiger partial charge < -0.3 is 9.64 Å². The molecule has 6 nitrogen and oxygen atoms in total. The average Bonchev–Trinajstić information content (AvgIpc) is 3.18. The molecule has 0 aliphatic carbocycles. The largest absolute Gasteiger partial charge is 0.377 e. The highest BCUT2D eigenvalue weighted by Crippen LogP contribution is 2.34. The number of rotatable bonds is 3. The van der Waals surface area contributed by atoms with Crippen LogP contribution >= 0.6 is 22.9 Å². The molecule has 4 rings (SSSR count). The molecule has 0 saturated carbocycles. The zero-order valence-corrected chi connectivity index (χ0v) is 14.2. The first-order valence-electron chi connectivity index (χ1n) is 7.48. The molecule has 1 fully saturated rings. The van der Waals surface area contributed by atoms with E-state index < -0.39 is 0 Å². The number of anilines is 1. The van der Waals surface area contributed by atoms with E-state index >= 15 is 0 Å². The highest BCUT2D eigenvalue weighted by Gasteiger charge is 2.24. The van der Waals surface area contributed by atoms with Crippen molar-refractivity contribution in [3.8, 4) is 0 Å². The summed E-state index contributed by atoms with van der Waals surface area (Å²) in [4.78, 5) is 11.2. The SMILES string of the molecule is C[C@@H]1COCCN1c1nc(Cl)nc2c(Cn3cccn3)csc12. The molecule has 0 amide bonds. The Hall–Kier alpha value is -1.70. The van der Waals surface area contributed by atoms with Crippen LogP contribution in [0.15, 0.2) is 23.8 Å². The van der Waals surface area contributed by atoms with Gasteiger partial charge in [0, 0.05) is 24.5 Å². The van der Waals surface area contributed by atoms with E-state index in [0.29, 0.717) is 19.8 Å². The van der Waals surface area contributed by atoms with Crippen LogP contribution in [0.4, 0.5) is 5.82 Å². The van der Waals surface area contributed by atoms with Crippen molar-refractivity contribution in [2.45, 2.75) is 19.5 Å². The zero-order valence-electron chi connectivity index (χ0n) is 12.6. The third-order valence-electron chi connectivity index (χ3n) is 3.97. The summed E-state index contributed by atoms with van der Waals surface area (Å²) in [6.07, 6.45) is 3.72. The number of morpholine rings is 1. The van der Waals surface area contributed by atoms with E-state index in [1.807, 2.05) is 16.9 Å². The smallest absolute Gasteiger partial charge is 0.224 e. The molecule has 8 heteroatoms. The first-order chi connectivity index (χ1) is 11.2. The Morgan fingerprint density at radius 3 is 3.13 bits per heavy atom. The summed E-state index contributed by atoms with van der Waals surface area (Å²) in [5, 5.41) is 6.66. The van der Waals surface area contributed by atoms with Gasteiger partial charge in [-0.2, -0.15) is 10.1 Å². The topological polar surface area (TPSA) is 56.1 Å². The number of hydrogen-bond acceptors (Lipinski definition) is 6. The number of fused-ring (bicyclic) bond motifs is 1. The Balaban J connectivity index is 1.78. The molecular formula is C15H16ClN5OS. The van der Waals surface area contributed by atoms with Crippen molar-refractivity contribution in [1.82, 2.24) is 19.7 Å². The van der Waals surface area contributed by atoms with Crippen LogP contribution in [-0.2, 0) is 11.3 Å². The summed E-state index contributed by atoms with van der Waals surface area (Å²) in [7, 11) is 0. The van der Waals surface area contributed by atoms with Gasteiger partial charge in [0.05, 0.1) is 36.0 Å². The minimum absolute atomic E-state index is 0.273. The van der Waals surface area contributed by atoms with Gasteiger partial charge in [-0.25, -0.2) is 4.98 Å². The summed E-state index contributed by atoms with van der Waals surface area (Å²) in [6.45, 7) is 5.04. The lowest BCUT2D eigenvalue weighted by atomic mass is 10.2. The molecule has 1 aliphatic rings. The second-order valence-electron chi connectivity index (χ2n) is 5.58. The van der Waals surface area contributed by atoms with Crippen molar-refractivity contribution in [2.75, 3.05) is 24.7 Å². The Labute approximate surface area is 142 Å². The van der Waals surface area contributed by atoms with Crippen LogP contribution in [0.5, 0.6) is 0 Å². The molecule has 4 heterocycles. The maximum atomic E-state index is 6.20. The van der Waals surface area contributed by atoms with E-state index in [-0.39, 0.29) is 11.3 Å². The molecule has 3 aromatic rings. The highest BCUT2D eigenvalue weighted by atomic mass is 35.5. The van der Waals surface area contributed by atoms with Crippen molar-refractivity contribution < 1.29 is 4.74 Å². The van der Waals surface area contributed by atoms with Crippen LogP contribution in [0.1, 0.15) is 12.5 Å². The Bertz CT molecular complexity index is 819. The number of thiophene rings is 1. The molecular weight excluding hydrogens is 334 g/mol. The molecule has 0 aromatic carbocycles. The molecule has 3 aromatic heterocycles. The molecule has 0 bridgehead atoms. The normalized spacial score (nSPS) is 18.7. The van der Waals surface area contributed by atoms with E-state index in [0.717, 1.165) is 28.1 Å². The molecule has 0 unspecified atom stereocenters. The number of aromatic nitrogens is 4. The van der Waals surface area contributed by atoms with Crippen molar-refractivity contribution in [3.63, 3.8) is 0 Å². The van der Waals surface area contributed by atoms with Crippen LogP contribution in [0.3, 0.4) is 0 Å². The van der Waals surface area contributed by atoms with Crippen LogP contribution in [-0.4, -0.2) is 45.5 Å². The van der Waals surface area contributed by atoms with Crippen LogP contribution in [0.25, 0.3) is 10.2 Å². The average molecular weight is 350 g/mol. The van der Waals surface area contributed by atoms with E-state index in [9.17, 15) is 0 Å². The first-order valence-corrected chi connectivity index (χ1v) is 8.73. The standard InChI is InChI=1S/C15H16ClN5OS/c1-10-8-22-6-5-21(10)14-13-12(18-15(16)19-14)11(9-23-13)7-20-4-2-3-17-20/h2-4,9-10H,5-8H2,1H3/t10-/m1/s1. The molecule has 0 N–H and O–H groups in total. The number of ether oxygens (including phenoxy) is 1. The minimum Gasteiger partial charge on any atom is -0.377 e. The summed E-state index contributed by atoms with van der Waals surface area (Å²) in [6, 6.07) is 2.19. The van der Waals surface area contributed by atoms with E-state index in [1.54, 1.807) is 17.5 Å². The lowest BCUT2D eigenvalue weighted by Crippen LogP contribution is -2.44. The van der Waals surface area contributed by atoms with Gasteiger partial charge in [-0.3, -0.25) is 4.68 Å². The Kier molecular flexibility index (Phi) is 3.92. The predicted molar refractivity (Wildman–Crippen MR) is 91.4 cm³/mol. The van der Waals surface area contributed by atoms with Crippen molar-refractivity contribution in [1.29, 1.82) is 0 Å². The van der Waals surface area contributed by atoms with Crippen LogP contribution in [0, 0.1) is 0 Å². The van der Waals surface area contributed by atoms with Crippen molar-refractivity contribution in [3.05, 3.63) is 34.7 Å². The monoisotopic (exact) mass is 349 g/mol. The number of hydrogen-bond donors (Lipinski definition) is 0. The maximum absolute atomic E-state index is 6.20. The molecule has 0 spiro atoms. The number of nitrogens with zero attached hydrogens (tertiary/aromatic N) is 5. The Morgan fingerprint density at radius 1 is 1.43 bits per heavy atom. The maximum Gasteiger partial charge on any atom is 0.224 e. The van der Waals surface area contributed by atoms with Gasteiger partial charge in [0.15, 0.2) is 5.82 Å². The van der Waals surface area contributed by atoms with Crippen LogP contribution in [0.2, 0.25) is 5.28 Å². The first kappa shape index (κ1) is 14.9. The van der Waals surface area contributed by atoms with Gasteiger partial charge in [0.1, 0.15) is 0 Å². The van der Waals surface area contributed by atoms with Crippen molar-refractivity contribution in [2.24, 2.45) is 0 Å². The second-order valence-corrected chi connectivity index (χ2v) is 6.79. The third-order valence-corrected chi connectivity index (χ3v) is 5.16. The molecule has 23 heavy (non-hydrogen) atoms. The number of halogens is 1. The van der Waals surface area contributed by atoms with Crippen LogP contribution < -0.4 is 4.90 Å². The summed E-state index contributed by atoms with van der Waals surface area (Å²) in [5.74, 6) is 0.910. The highest BCUT2D eigenvalue weighted by molar-refractivity contribution is 7.18. The van der Waals surface area contributed by atoms with E-state index in [4.69, 9.17) is 16.3 Å². The fourth-order valence-corrected chi connectivity index (χ4v) is 4.01. The van der Waals surface area contributed by atoms with Gasteiger partial charge in [0.25, 0.3) is 0 Å². The molecule has 0 radical (unpaired) electrons. The third kappa shape index (κ3) is 2.80. The van der Waals surface area contributed by atoms with Crippen molar-refractivity contribution >= 4 is 39.0 Å².